The Labute approximate surface area is 103 Å². The van der Waals surface area contributed by atoms with Crippen LogP contribution in [0, 0.1) is 10.1 Å². The highest BCUT2D eigenvalue weighted by molar-refractivity contribution is 5.53. The number of nitro groups is 1. The van der Waals surface area contributed by atoms with Gasteiger partial charge in [-0.15, -0.1) is 0 Å². The quantitative estimate of drug-likeness (QED) is 0.645. The van der Waals surface area contributed by atoms with Crippen LogP contribution in [-0.2, 0) is 12.8 Å². The summed E-state index contributed by atoms with van der Waals surface area (Å²) in [5, 5.41) is 15.2. The number of aromatic nitrogens is 2. The first-order valence-electron chi connectivity index (χ1n) is 5.78. The van der Waals surface area contributed by atoms with Crippen LogP contribution in [0.5, 0.6) is 0 Å². The largest absolute Gasteiger partial charge is 0.383 e. The third kappa shape index (κ3) is 1.54. The molecule has 0 spiro atoms. The summed E-state index contributed by atoms with van der Waals surface area (Å²) in [4.78, 5) is 10.3. The van der Waals surface area contributed by atoms with Crippen LogP contribution in [0.3, 0.4) is 0 Å². The van der Waals surface area contributed by atoms with Gasteiger partial charge in [0.15, 0.2) is 0 Å². The average Bonchev–Trinajstić information content (AvgIpc) is 2.93. The highest BCUT2D eigenvalue weighted by atomic mass is 16.6. The molecule has 1 aromatic heterocycles. The third-order valence-corrected chi connectivity index (χ3v) is 3.23. The van der Waals surface area contributed by atoms with E-state index in [-0.39, 0.29) is 5.69 Å². The molecule has 0 bridgehead atoms. The van der Waals surface area contributed by atoms with Crippen molar-refractivity contribution in [2.75, 3.05) is 5.73 Å². The molecule has 1 heterocycles. The van der Waals surface area contributed by atoms with Crippen LogP contribution in [0.15, 0.2) is 24.3 Å². The zero-order chi connectivity index (χ0) is 12.7. The summed E-state index contributed by atoms with van der Waals surface area (Å²) in [5.74, 6) is 0.600. The average molecular weight is 244 g/mol. The molecule has 6 nitrogen and oxygen atoms in total. The van der Waals surface area contributed by atoms with Crippen molar-refractivity contribution in [1.29, 1.82) is 0 Å². The lowest BCUT2D eigenvalue weighted by Crippen LogP contribution is -2.04. The van der Waals surface area contributed by atoms with Gasteiger partial charge in [-0.25, -0.2) is 4.68 Å². The number of rotatable bonds is 2. The van der Waals surface area contributed by atoms with Crippen LogP contribution < -0.4 is 5.73 Å². The molecule has 1 aromatic carbocycles. The number of anilines is 1. The van der Waals surface area contributed by atoms with Gasteiger partial charge in [-0.1, -0.05) is 6.07 Å². The predicted octanol–water partition coefficient (Wildman–Crippen LogP) is 1.85. The zero-order valence-corrected chi connectivity index (χ0v) is 9.67. The highest BCUT2D eigenvalue weighted by Gasteiger charge is 2.21. The molecule has 6 heteroatoms. The van der Waals surface area contributed by atoms with E-state index in [2.05, 4.69) is 5.10 Å². The standard InChI is InChI=1S/C12H12N4O2/c13-12-10-5-2-6-11(10)14-15(12)8-3-1-4-9(7-8)16(17)18/h1,3-4,7H,2,5-6,13H2. The Morgan fingerprint density at radius 3 is 2.94 bits per heavy atom. The fourth-order valence-electron chi connectivity index (χ4n) is 2.35. The Balaban J connectivity index is 2.10. The Bertz CT molecular complexity index is 633. The maximum absolute atomic E-state index is 10.8. The number of hydrogen-bond donors (Lipinski definition) is 1. The topological polar surface area (TPSA) is 87.0 Å². The number of benzene rings is 1. The van der Waals surface area contributed by atoms with Gasteiger partial charge in [-0.05, 0) is 25.3 Å². The molecular weight excluding hydrogens is 232 g/mol. The molecule has 3 rings (SSSR count). The Morgan fingerprint density at radius 1 is 1.39 bits per heavy atom. The number of aryl methyl sites for hydroxylation is 1. The Hall–Kier alpha value is -2.37. The number of fused-ring (bicyclic) bond motifs is 1. The Morgan fingerprint density at radius 2 is 2.22 bits per heavy atom. The molecule has 0 unspecified atom stereocenters. The minimum Gasteiger partial charge on any atom is -0.383 e. The van der Waals surface area contributed by atoms with Gasteiger partial charge < -0.3 is 5.73 Å². The van der Waals surface area contributed by atoms with Crippen molar-refractivity contribution in [1.82, 2.24) is 9.78 Å². The second-order valence-electron chi connectivity index (χ2n) is 4.35. The number of nitrogens with zero attached hydrogens (tertiary/aromatic N) is 3. The minimum absolute atomic E-state index is 0.0440. The first-order valence-corrected chi connectivity index (χ1v) is 5.78. The van der Waals surface area contributed by atoms with Gasteiger partial charge >= 0.3 is 0 Å². The van der Waals surface area contributed by atoms with Gasteiger partial charge in [0.1, 0.15) is 5.82 Å². The van der Waals surface area contributed by atoms with E-state index >= 15 is 0 Å². The first-order chi connectivity index (χ1) is 8.66. The van der Waals surface area contributed by atoms with Gasteiger partial charge in [0.25, 0.3) is 5.69 Å². The summed E-state index contributed by atoms with van der Waals surface area (Å²) in [6, 6.07) is 6.35. The van der Waals surface area contributed by atoms with Crippen molar-refractivity contribution in [2.24, 2.45) is 0 Å². The predicted molar refractivity (Wildman–Crippen MR) is 66.7 cm³/mol. The molecule has 0 atom stereocenters. The summed E-state index contributed by atoms with van der Waals surface area (Å²) >= 11 is 0. The summed E-state index contributed by atoms with van der Waals surface area (Å²) in [7, 11) is 0. The molecule has 92 valence electrons. The molecule has 0 fully saturated rings. The molecule has 2 aromatic rings. The first kappa shape index (κ1) is 10.8. The second-order valence-corrected chi connectivity index (χ2v) is 4.35. The van der Waals surface area contributed by atoms with Gasteiger partial charge in [0.05, 0.1) is 16.3 Å². The van der Waals surface area contributed by atoms with E-state index in [1.165, 1.54) is 12.1 Å². The van der Waals surface area contributed by atoms with Crippen LogP contribution in [0.4, 0.5) is 11.5 Å². The third-order valence-electron chi connectivity index (χ3n) is 3.23. The van der Waals surface area contributed by atoms with Crippen molar-refractivity contribution < 1.29 is 4.92 Å². The maximum atomic E-state index is 10.8. The van der Waals surface area contributed by atoms with E-state index in [1.54, 1.807) is 16.8 Å². The van der Waals surface area contributed by atoms with Crippen molar-refractivity contribution in [3.05, 3.63) is 45.6 Å². The molecule has 0 saturated carbocycles. The van der Waals surface area contributed by atoms with E-state index in [1.807, 2.05) is 0 Å². The number of nitrogens with two attached hydrogens (primary N) is 1. The highest BCUT2D eigenvalue weighted by Crippen LogP contribution is 2.29. The number of non-ortho nitro benzene ring substituents is 1. The van der Waals surface area contributed by atoms with Crippen molar-refractivity contribution in [3.63, 3.8) is 0 Å². The summed E-state index contributed by atoms with van der Waals surface area (Å²) in [5.41, 5.74) is 8.82. The van der Waals surface area contributed by atoms with Crippen LogP contribution in [-0.4, -0.2) is 14.7 Å². The normalized spacial score (nSPS) is 13.6. The van der Waals surface area contributed by atoms with E-state index in [4.69, 9.17) is 5.73 Å². The summed E-state index contributed by atoms with van der Waals surface area (Å²) in [6.45, 7) is 0. The molecular formula is C12H12N4O2. The lowest BCUT2D eigenvalue weighted by molar-refractivity contribution is -0.384. The Kier molecular flexibility index (Phi) is 2.29. The zero-order valence-electron chi connectivity index (χ0n) is 9.67. The SMILES string of the molecule is Nc1c2c(nn1-c1cccc([N+](=O)[O-])c1)CCC2. The number of hydrogen-bond acceptors (Lipinski definition) is 4. The van der Waals surface area contributed by atoms with Gasteiger partial charge in [0, 0.05) is 17.7 Å². The van der Waals surface area contributed by atoms with Crippen molar-refractivity contribution in [2.45, 2.75) is 19.3 Å². The van der Waals surface area contributed by atoms with E-state index in [9.17, 15) is 10.1 Å². The molecule has 18 heavy (non-hydrogen) atoms. The molecule has 0 aliphatic heterocycles. The van der Waals surface area contributed by atoms with Crippen LogP contribution in [0.25, 0.3) is 5.69 Å². The van der Waals surface area contributed by atoms with Gasteiger partial charge in [0.2, 0.25) is 0 Å². The molecule has 0 amide bonds. The summed E-state index contributed by atoms with van der Waals surface area (Å²) in [6.07, 6.45) is 2.95. The van der Waals surface area contributed by atoms with E-state index in [0.29, 0.717) is 11.5 Å². The molecule has 1 aliphatic rings. The van der Waals surface area contributed by atoms with Crippen LogP contribution >= 0.6 is 0 Å². The van der Waals surface area contributed by atoms with Gasteiger partial charge in [-0.3, -0.25) is 10.1 Å². The molecule has 0 radical (unpaired) electrons. The fourth-order valence-corrected chi connectivity index (χ4v) is 2.35. The number of nitro benzene ring substituents is 1. The van der Waals surface area contributed by atoms with E-state index < -0.39 is 4.92 Å². The van der Waals surface area contributed by atoms with Crippen molar-refractivity contribution >= 4 is 11.5 Å². The molecule has 1 aliphatic carbocycles. The lowest BCUT2D eigenvalue weighted by atomic mass is 10.2. The van der Waals surface area contributed by atoms with Crippen molar-refractivity contribution in [3.8, 4) is 5.69 Å². The molecule has 0 saturated heterocycles. The number of nitrogen functional groups attached to an aromatic ring is 1. The van der Waals surface area contributed by atoms with Gasteiger partial charge in [-0.2, -0.15) is 5.10 Å². The lowest BCUT2D eigenvalue weighted by Gasteiger charge is -2.04. The van der Waals surface area contributed by atoms with E-state index in [0.717, 1.165) is 30.5 Å². The van der Waals surface area contributed by atoms with Crippen LogP contribution in [0.2, 0.25) is 0 Å². The molecule has 2 N–H and O–H groups in total. The maximum Gasteiger partial charge on any atom is 0.271 e. The second kappa shape index (κ2) is 3.83. The fraction of sp³-hybridized carbons (Fsp3) is 0.250. The minimum atomic E-state index is -0.420. The van der Waals surface area contributed by atoms with Crippen LogP contribution in [0.1, 0.15) is 17.7 Å². The smallest absolute Gasteiger partial charge is 0.271 e. The summed E-state index contributed by atoms with van der Waals surface area (Å²) < 4.78 is 1.59. The monoisotopic (exact) mass is 244 g/mol.